The van der Waals surface area contributed by atoms with Crippen LogP contribution in [0.15, 0.2) is 40.9 Å². The fourth-order valence-electron chi connectivity index (χ4n) is 2.85. The molecule has 0 bridgehead atoms. The lowest BCUT2D eigenvalue weighted by atomic mass is 10.1. The standard InChI is InChI=1S/C22H30BrNO2/c1-4-5-6-7-11-24-15-19-13-21(25-3)22(14-20(19)23)26-16-18-10-8-9-17(2)12-18/h8-10,12-14,24H,4-7,11,15-16H2,1-3H3. The smallest absolute Gasteiger partial charge is 0.162 e. The predicted molar refractivity (Wildman–Crippen MR) is 112 cm³/mol. The maximum Gasteiger partial charge on any atom is 0.162 e. The van der Waals surface area contributed by atoms with Gasteiger partial charge in [-0.25, -0.2) is 0 Å². The first-order valence-electron chi connectivity index (χ1n) is 9.39. The molecule has 2 aromatic carbocycles. The summed E-state index contributed by atoms with van der Waals surface area (Å²) in [5.74, 6) is 1.52. The van der Waals surface area contributed by atoms with Crippen LogP contribution in [0, 0.1) is 6.92 Å². The zero-order chi connectivity index (χ0) is 18.8. The van der Waals surface area contributed by atoms with Gasteiger partial charge in [0.15, 0.2) is 11.5 Å². The predicted octanol–water partition coefficient (Wildman–Crippen LogP) is 6.02. The number of hydrogen-bond donors (Lipinski definition) is 1. The van der Waals surface area contributed by atoms with Gasteiger partial charge in [-0.2, -0.15) is 0 Å². The number of ether oxygens (including phenoxy) is 2. The lowest BCUT2D eigenvalue weighted by Gasteiger charge is -2.15. The first kappa shape index (κ1) is 20.8. The summed E-state index contributed by atoms with van der Waals surface area (Å²) in [7, 11) is 1.69. The Labute approximate surface area is 166 Å². The van der Waals surface area contributed by atoms with Crippen molar-refractivity contribution >= 4 is 15.9 Å². The van der Waals surface area contributed by atoms with Gasteiger partial charge in [-0.3, -0.25) is 0 Å². The van der Waals surface area contributed by atoms with Crippen molar-refractivity contribution in [2.75, 3.05) is 13.7 Å². The average molecular weight is 420 g/mol. The minimum Gasteiger partial charge on any atom is -0.493 e. The van der Waals surface area contributed by atoms with Gasteiger partial charge in [0.1, 0.15) is 6.61 Å². The Morgan fingerprint density at radius 2 is 1.88 bits per heavy atom. The lowest BCUT2D eigenvalue weighted by Crippen LogP contribution is -2.15. The van der Waals surface area contributed by atoms with Crippen molar-refractivity contribution in [1.29, 1.82) is 0 Å². The van der Waals surface area contributed by atoms with E-state index in [9.17, 15) is 0 Å². The molecule has 0 saturated carbocycles. The summed E-state index contributed by atoms with van der Waals surface area (Å²) in [6.45, 7) is 6.71. The van der Waals surface area contributed by atoms with Gasteiger partial charge in [0, 0.05) is 11.0 Å². The van der Waals surface area contributed by atoms with Crippen LogP contribution in [0.3, 0.4) is 0 Å². The van der Waals surface area contributed by atoms with Gasteiger partial charge in [0.25, 0.3) is 0 Å². The number of aryl methyl sites for hydroxylation is 1. The number of nitrogens with one attached hydrogen (secondary N) is 1. The molecule has 0 aliphatic carbocycles. The highest BCUT2D eigenvalue weighted by Gasteiger charge is 2.10. The number of unbranched alkanes of at least 4 members (excludes halogenated alkanes) is 3. The molecule has 0 fully saturated rings. The maximum atomic E-state index is 6.00. The normalized spacial score (nSPS) is 10.8. The number of rotatable bonds is 11. The van der Waals surface area contributed by atoms with Crippen molar-refractivity contribution in [1.82, 2.24) is 5.32 Å². The Kier molecular flexibility index (Phi) is 8.99. The molecule has 0 aliphatic heterocycles. The van der Waals surface area contributed by atoms with Crippen LogP contribution in [-0.4, -0.2) is 13.7 Å². The molecule has 26 heavy (non-hydrogen) atoms. The van der Waals surface area contributed by atoms with E-state index in [1.807, 2.05) is 6.07 Å². The molecule has 0 radical (unpaired) electrons. The molecule has 0 amide bonds. The van der Waals surface area contributed by atoms with E-state index in [1.54, 1.807) is 7.11 Å². The van der Waals surface area contributed by atoms with Crippen molar-refractivity contribution in [3.05, 3.63) is 57.6 Å². The molecule has 4 heteroatoms. The topological polar surface area (TPSA) is 30.5 Å². The van der Waals surface area contributed by atoms with Crippen LogP contribution in [0.1, 0.15) is 49.3 Å². The van der Waals surface area contributed by atoms with E-state index in [1.165, 1.54) is 36.8 Å². The van der Waals surface area contributed by atoms with Gasteiger partial charge in [-0.05, 0) is 43.1 Å². The lowest BCUT2D eigenvalue weighted by molar-refractivity contribution is 0.284. The zero-order valence-electron chi connectivity index (χ0n) is 16.1. The minimum atomic E-state index is 0.527. The molecule has 0 heterocycles. The Morgan fingerprint density at radius 1 is 1.04 bits per heavy atom. The maximum absolute atomic E-state index is 6.00. The van der Waals surface area contributed by atoms with E-state index in [0.29, 0.717) is 6.61 Å². The quantitative estimate of drug-likeness (QED) is 0.451. The Balaban J connectivity index is 1.95. The van der Waals surface area contributed by atoms with Crippen LogP contribution in [0.4, 0.5) is 0 Å². The van der Waals surface area contributed by atoms with E-state index in [2.05, 4.69) is 65.4 Å². The number of methoxy groups -OCH3 is 1. The molecular weight excluding hydrogens is 390 g/mol. The Bertz CT molecular complexity index is 688. The zero-order valence-corrected chi connectivity index (χ0v) is 17.7. The van der Waals surface area contributed by atoms with Crippen molar-refractivity contribution in [2.24, 2.45) is 0 Å². The van der Waals surface area contributed by atoms with Gasteiger partial charge < -0.3 is 14.8 Å². The summed E-state index contributed by atoms with van der Waals surface area (Å²) in [6.07, 6.45) is 5.10. The number of benzene rings is 2. The molecule has 0 unspecified atom stereocenters. The fraction of sp³-hybridized carbons (Fsp3) is 0.455. The van der Waals surface area contributed by atoms with Crippen LogP contribution in [-0.2, 0) is 13.2 Å². The summed E-state index contributed by atoms with van der Waals surface area (Å²) in [6, 6.07) is 12.4. The molecule has 0 spiro atoms. The second kappa shape index (κ2) is 11.2. The molecule has 2 rings (SSSR count). The Morgan fingerprint density at radius 3 is 2.62 bits per heavy atom. The van der Waals surface area contributed by atoms with E-state index < -0.39 is 0 Å². The van der Waals surface area contributed by atoms with Crippen molar-refractivity contribution in [3.63, 3.8) is 0 Å². The summed E-state index contributed by atoms with van der Waals surface area (Å²) in [4.78, 5) is 0. The molecule has 142 valence electrons. The molecule has 0 saturated heterocycles. The third-order valence-electron chi connectivity index (χ3n) is 4.33. The number of halogens is 1. The summed E-state index contributed by atoms with van der Waals surface area (Å²) >= 11 is 3.67. The van der Waals surface area contributed by atoms with Crippen molar-refractivity contribution < 1.29 is 9.47 Å². The molecule has 0 aliphatic rings. The van der Waals surface area contributed by atoms with Crippen LogP contribution < -0.4 is 14.8 Å². The van der Waals surface area contributed by atoms with Gasteiger partial charge in [0.2, 0.25) is 0 Å². The van der Waals surface area contributed by atoms with Crippen molar-refractivity contribution in [3.8, 4) is 11.5 Å². The third kappa shape index (κ3) is 6.65. The summed E-state index contributed by atoms with van der Waals surface area (Å²) in [5, 5.41) is 3.51. The minimum absolute atomic E-state index is 0.527. The largest absolute Gasteiger partial charge is 0.493 e. The van der Waals surface area contributed by atoms with E-state index in [-0.39, 0.29) is 0 Å². The first-order chi connectivity index (χ1) is 12.6. The molecule has 3 nitrogen and oxygen atoms in total. The van der Waals surface area contributed by atoms with Crippen LogP contribution in [0.2, 0.25) is 0 Å². The number of hydrogen-bond acceptors (Lipinski definition) is 3. The fourth-order valence-corrected chi connectivity index (χ4v) is 3.31. The average Bonchev–Trinajstić information content (AvgIpc) is 2.64. The van der Waals surface area contributed by atoms with Crippen LogP contribution >= 0.6 is 15.9 Å². The molecule has 2 aromatic rings. The van der Waals surface area contributed by atoms with E-state index in [0.717, 1.165) is 34.6 Å². The second-order valence-electron chi connectivity index (χ2n) is 6.61. The van der Waals surface area contributed by atoms with E-state index in [4.69, 9.17) is 9.47 Å². The highest BCUT2D eigenvalue weighted by Crippen LogP contribution is 2.34. The van der Waals surface area contributed by atoms with Crippen molar-refractivity contribution in [2.45, 2.75) is 52.7 Å². The first-order valence-corrected chi connectivity index (χ1v) is 10.2. The SMILES string of the molecule is CCCCCCNCc1cc(OC)c(OCc2cccc(C)c2)cc1Br. The van der Waals surface area contributed by atoms with Gasteiger partial charge >= 0.3 is 0 Å². The highest BCUT2D eigenvalue weighted by atomic mass is 79.9. The van der Waals surface area contributed by atoms with Crippen LogP contribution in [0.25, 0.3) is 0 Å². The summed E-state index contributed by atoms with van der Waals surface area (Å²) in [5.41, 5.74) is 3.57. The second-order valence-corrected chi connectivity index (χ2v) is 7.46. The van der Waals surface area contributed by atoms with Gasteiger partial charge in [0.05, 0.1) is 7.11 Å². The molecule has 0 aromatic heterocycles. The molecule has 0 atom stereocenters. The summed E-state index contributed by atoms with van der Waals surface area (Å²) < 4.78 is 12.6. The Hall–Kier alpha value is -1.52. The molecule has 1 N–H and O–H groups in total. The van der Waals surface area contributed by atoms with Gasteiger partial charge in [-0.15, -0.1) is 0 Å². The van der Waals surface area contributed by atoms with Crippen LogP contribution in [0.5, 0.6) is 11.5 Å². The highest BCUT2D eigenvalue weighted by molar-refractivity contribution is 9.10. The van der Waals surface area contributed by atoms with Gasteiger partial charge in [-0.1, -0.05) is 71.9 Å². The third-order valence-corrected chi connectivity index (χ3v) is 5.07. The monoisotopic (exact) mass is 419 g/mol. The molecular formula is C22H30BrNO2. The van der Waals surface area contributed by atoms with E-state index >= 15 is 0 Å².